The minimum absolute atomic E-state index is 0.138. The molecule has 0 saturated heterocycles. The molecule has 1 unspecified atom stereocenters. The first-order valence-corrected chi connectivity index (χ1v) is 6.33. The quantitative estimate of drug-likeness (QED) is 0.908. The van der Waals surface area contributed by atoms with Crippen LogP contribution in [-0.4, -0.2) is 34.0 Å². The topological polar surface area (TPSA) is 57.6 Å². The van der Waals surface area contributed by atoms with Crippen LogP contribution in [0.1, 0.15) is 38.1 Å². The van der Waals surface area contributed by atoms with Crippen LogP contribution in [-0.2, 0) is 4.79 Å². The van der Waals surface area contributed by atoms with E-state index in [0.29, 0.717) is 5.56 Å². The molecule has 0 bridgehead atoms. The van der Waals surface area contributed by atoms with Gasteiger partial charge in [0.2, 0.25) is 0 Å². The third-order valence-corrected chi connectivity index (χ3v) is 2.95. The van der Waals surface area contributed by atoms with Crippen molar-refractivity contribution in [2.75, 3.05) is 6.54 Å². The standard InChI is InChI=1S/C15H21NO3/c1-11(14(18)19)10-16(15(2,3)4)13(17)12-8-6-5-7-9-12/h5-9,11H,10H2,1-4H3,(H,18,19). The van der Waals surface area contributed by atoms with Crippen LogP contribution < -0.4 is 0 Å². The largest absolute Gasteiger partial charge is 0.481 e. The predicted octanol–water partition coefficient (Wildman–Crippen LogP) is 2.65. The summed E-state index contributed by atoms with van der Waals surface area (Å²) in [4.78, 5) is 25.1. The normalized spacial score (nSPS) is 12.8. The van der Waals surface area contributed by atoms with Gasteiger partial charge in [-0.2, -0.15) is 0 Å². The van der Waals surface area contributed by atoms with Crippen LogP contribution in [0.3, 0.4) is 0 Å². The van der Waals surface area contributed by atoms with Crippen molar-refractivity contribution in [1.29, 1.82) is 0 Å². The van der Waals surface area contributed by atoms with Crippen LogP contribution in [0.2, 0.25) is 0 Å². The van der Waals surface area contributed by atoms with Gasteiger partial charge in [0.05, 0.1) is 5.92 Å². The predicted molar refractivity (Wildman–Crippen MR) is 74.0 cm³/mol. The lowest BCUT2D eigenvalue weighted by Crippen LogP contribution is -2.48. The highest BCUT2D eigenvalue weighted by Gasteiger charge is 2.30. The molecule has 104 valence electrons. The van der Waals surface area contributed by atoms with E-state index < -0.39 is 17.4 Å². The molecule has 1 atom stereocenters. The van der Waals surface area contributed by atoms with Crippen LogP contribution in [0, 0.1) is 5.92 Å². The van der Waals surface area contributed by atoms with Gasteiger partial charge in [-0.1, -0.05) is 25.1 Å². The Labute approximate surface area is 114 Å². The third kappa shape index (κ3) is 4.09. The second kappa shape index (κ2) is 5.87. The molecule has 0 radical (unpaired) electrons. The van der Waals surface area contributed by atoms with E-state index in [-0.39, 0.29) is 12.5 Å². The van der Waals surface area contributed by atoms with Crippen LogP contribution in [0.15, 0.2) is 30.3 Å². The van der Waals surface area contributed by atoms with E-state index in [0.717, 1.165) is 0 Å². The number of carboxylic acids is 1. The van der Waals surface area contributed by atoms with E-state index >= 15 is 0 Å². The maximum Gasteiger partial charge on any atom is 0.308 e. The average Bonchev–Trinajstić information content (AvgIpc) is 2.34. The molecule has 1 amide bonds. The molecule has 0 heterocycles. The van der Waals surface area contributed by atoms with Gasteiger partial charge in [0.25, 0.3) is 5.91 Å². The molecule has 0 spiro atoms. The molecular formula is C15H21NO3. The van der Waals surface area contributed by atoms with Crippen molar-refractivity contribution in [3.63, 3.8) is 0 Å². The molecule has 0 aliphatic carbocycles. The van der Waals surface area contributed by atoms with Crippen molar-refractivity contribution in [2.45, 2.75) is 33.2 Å². The summed E-state index contributed by atoms with van der Waals surface area (Å²) in [5, 5.41) is 9.01. The summed E-state index contributed by atoms with van der Waals surface area (Å²) in [5.41, 5.74) is 0.159. The van der Waals surface area contributed by atoms with Gasteiger partial charge in [-0.05, 0) is 32.9 Å². The number of hydrogen-bond acceptors (Lipinski definition) is 2. The lowest BCUT2D eigenvalue weighted by Gasteiger charge is -2.37. The van der Waals surface area contributed by atoms with E-state index in [1.54, 1.807) is 36.1 Å². The van der Waals surface area contributed by atoms with Crippen molar-refractivity contribution in [1.82, 2.24) is 4.90 Å². The Bertz CT molecular complexity index is 448. The Morgan fingerprint density at radius 3 is 2.16 bits per heavy atom. The number of hydrogen-bond donors (Lipinski definition) is 1. The molecule has 19 heavy (non-hydrogen) atoms. The molecule has 0 fully saturated rings. The zero-order chi connectivity index (χ0) is 14.6. The Morgan fingerprint density at radius 1 is 1.21 bits per heavy atom. The molecular weight excluding hydrogens is 242 g/mol. The van der Waals surface area contributed by atoms with Gasteiger partial charge in [-0.3, -0.25) is 9.59 Å². The zero-order valence-corrected chi connectivity index (χ0v) is 11.9. The number of amides is 1. The van der Waals surface area contributed by atoms with Gasteiger partial charge < -0.3 is 10.0 Å². The first kappa shape index (κ1) is 15.2. The Balaban J connectivity index is 2.99. The van der Waals surface area contributed by atoms with Crippen LogP contribution >= 0.6 is 0 Å². The molecule has 0 aliphatic heterocycles. The molecule has 1 N–H and O–H groups in total. The van der Waals surface area contributed by atoms with E-state index in [2.05, 4.69) is 0 Å². The van der Waals surface area contributed by atoms with Gasteiger partial charge >= 0.3 is 5.97 Å². The molecule has 4 nitrogen and oxygen atoms in total. The highest BCUT2D eigenvalue weighted by atomic mass is 16.4. The first-order chi connectivity index (χ1) is 8.73. The van der Waals surface area contributed by atoms with Crippen molar-refractivity contribution in [2.24, 2.45) is 5.92 Å². The van der Waals surface area contributed by atoms with E-state index in [1.165, 1.54) is 0 Å². The molecule has 0 aliphatic rings. The highest BCUT2D eigenvalue weighted by Crippen LogP contribution is 2.19. The molecule has 1 rings (SSSR count). The SMILES string of the molecule is CC(CN(C(=O)c1ccccc1)C(C)(C)C)C(=O)O. The summed E-state index contributed by atoms with van der Waals surface area (Å²) in [6.45, 7) is 7.53. The van der Waals surface area contributed by atoms with Crippen molar-refractivity contribution in [3.8, 4) is 0 Å². The van der Waals surface area contributed by atoms with Gasteiger partial charge in [0.15, 0.2) is 0 Å². The number of nitrogens with zero attached hydrogens (tertiary/aromatic N) is 1. The van der Waals surface area contributed by atoms with E-state index in [9.17, 15) is 9.59 Å². The monoisotopic (exact) mass is 263 g/mol. The van der Waals surface area contributed by atoms with Crippen LogP contribution in [0.4, 0.5) is 0 Å². The maximum absolute atomic E-state index is 12.5. The average molecular weight is 263 g/mol. The molecule has 0 saturated carbocycles. The summed E-state index contributed by atoms with van der Waals surface area (Å²) in [6.07, 6.45) is 0. The number of carboxylic acid groups (broad SMARTS) is 1. The second-order valence-electron chi connectivity index (χ2n) is 5.69. The summed E-state index contributed by atoms with van der Waals surface area (Å²) in [6, 6.07) is 8.93. The Hall–Kier alpha value is -1.84. The van der Waals surface area contributed by atoms with E-state index in [4.69, 9.17) is 5.11 Å². The fourth-order valence-electron chi connectivity index (χ4n) is 1.75. The third-order valence-electron chi connectivity index (χ3n) is 2.95. The molecule has 1 aromatic carbocycles. The summed E-state index contributed by atoms with van der Waals surface area (Å²) < 4.78 is 0. The molecule has 1 aromatic rings. The Morgan fingerprint density at radius 2 is 1.74 bits per heavy atom. The van der Waals surface area contributed by atoms with Gasteiger partial charge in [0.1, 0.15) is 0 Å². The fraction of sp³-hybridized carbons (Fsp3) is 0.467. The minimum atomic E-state index is -0.893. The lowest BCUT2D eigenvalue weighted by atomic mass is 10.0. The summed E-state index contributed by atoms with van der Waals surface area (Å²) in [7, 11) is 0. The first-order valence-electron chi connectivity index (χ1n) is 6.33. The molecule has 0 aromatic heterocycles. The van der Waals surface area contributed by atoms with Gasteiger partial charge in [-0.25, -0.2) is 0 Å². The number of rotatable bonds is 4. The minimum Gasteiger partial charge on any atom is -0.481 e. The van der Waals surface area contributed by atoms with Gasteiger partial charge in [0, 0.05) is 17.6 Å². The van der Waals surface area contributed by atoms with Crippen molar-refractivity contribution >= 4 is 11.9 Å². The number of carbonyl (C=O) groups excluding carboxylic acids is 1. The fourth-order valence-corrected chi connectivity index (χ4v) is 1.75. The maximum atomic E-state index is 12.5. The van der Waals surface area contributed by atoms with Crippen LogP contribution in [0.5, 0.6) is 0 Å². The summed E-state index contributed by atoms with van der Waals surface area (Å²) in [5.74, 6) is -1.62. The second-order valence-corrected chi connectivity index (χ2v) is 5.69. The number of benzene rings is 1. The van der Waals surface area contributed by atoms with Crippen molar-refractivity contribution < 1.29 is 14.7 Å². The number of aliphatic carboxylic acids is 1. The Kier molecular flexibility index (Phi) is 4.70. The van der Waals surface area contributed by atoms with E-state index in [1.807, 2.05) is 26.8 Å². The highest BCUT2D eigenvalue weighted by molar-refractivity contribution is 5.94. The smallest absolute Gasteiger partial charge is 0.308 e. The van der Waals surface area contributed by atoms with Gasteiger partial charge in [-0.15, -0.1) is 0 Å². The number of carbonyl (C=O) groups is 2. The summed E-state index contributed by atoms with van der Waals surface area (Å²) >= 11 is 0. The zero-order valence-electron chi connectivity index (χ0n) is 11.9. The van der Waals surface area contributed by atoms with Crippen molar-refractivity contribution in [3.05, 3.63) is 35.9 Å². The molecule has 4 heteroatoms. The van der Waals surface area contributed by atoms with Crippen LogP contribution in [0.25, 0.3) is 0 Å². The lowest BCUT2D eigenvalue weighted by molar-refractivity contribution is -0.141.